The van der Waals surface area contributed by atoms with Gasteiger partial charge >= 0.3 is 18.3 Å². The van der Waals surface area contributed by atoms with E-state index in [1.54, 1.807) is 0 Å². The van der Waals surface area contributed by atoms with Gasteiger partial charge in [0.05, 0.1) is 11.1 Å². The first-order valence-corrected chi connectivity index (χ1v) is 7.30. The Bertz CT molecular complexity index is 863. The zero-order chi connectivity index (χ0) is 20.0. The monoisotopic (exact) mass is 392 g/mol. The third kappa shape index (κ3) is 3.56. The Kier molecular flexibility index (Phi) is 4.32. The molecule has 10 heteroatoms. The van der Waals surface area contributed by atoms with E-state index in [9.17, 15) is 35.1 Å². The molecular formula is C17H8F8N2. The fourth-order valence-electron chi connectivity index (χ4n) is 2.50. The second-order valence-corrected chi connectivity index (χ2v) is 5.63. The minimum Gasteiger partial charge on any atom is -0.192 e. The van der Waals surface area contributed by atoms with Gasteiger partial charge in [-0.1, -0.05) is 24.3 Å². The molecule has 1 heterocycles. The zero-order valence-electron chi connectivity index (χ0n) is 13.0. The maximum atomic E-state index is 14.7. The number of rotatable bonds is 2. The lowest BCUT2D eigenvalue weighted by Crippen LogP contribution is -2.36. The van der Waals surface area contributed by atoms with Crippen molar-refractivity contribution in [2.24, 2.45) is 10.2 Å². The second kappa shape index (κ2) is 6.14. The fourth-order valence-corrected chi connectivity index (χ4v) is 2.50. The van der Waals surface area contributed by atoms with Crippen LogP contribution in [0.4, 0.5) is 35.1 Å². The summed E-state index contributed by atoms with van der Waals surface area (Å²) in [5.41, 5.74) is -5.51. The third-order valence-electron chi connectivity index (χ3n) is 3.77. The Morgan fingerprint density at radius 1 is 0.630 bits per heavy atom. The summed E-state index contributed by atoms with van der Waals surface area (Å²) in [7, 11) is 0. The number of nitrogens with zero attached hydrogens (tertiary/aromatic N) is 2. The highest BCUT2D eigenvalue weighted by molar-refractivity contribution is 6.27. The molecule has 0 fully saturated rings. The van der Waals surface area contributed by atoms with Crippen molar-refractivity contribution in [1.29, 1.82) is 0 Å². The van der Waals surface area contributed by atoms with Gasteiger partial charge < -0.3 is 0 Å². The van der Waals surface area contributed by atoms with E-state index >= 15 is 0 Å². The summed E-state index contributed by atoms with van der Waals surface area (Å²) in [6.07, 6.45) is -9.51. The van der Waals surface area contributed by atoms with Gasteiger partial charge in [0, 0.05) is 11.1 Å². The molecule has 27 heavy (non-hydrogen) atoms. The summed E-state index contributed by atoms with van der Waals surface area (Å²) in [5, 5.41) is 6.48. The topological polar surface area (TPSA) is 24.7 Å². The van der Waals surface area contributed by atoms with Gasteiger partial charge in [0.15, 0.2) is 0 Å². The van der Waals surface area contributed by atoms with E-state index in [1.165, 1.54) is 0 Å². The number of alkyl halides is 8. The lowest BCUT2D eigenvalue weighted by Gasteiger charge is -2.17. The number of hydrogen-bond acceptors (Lipinski definition) is 2. The van der Waals surface area contributed by atoms with Crippen LogP contribution in [0.15, 0.2) is 58.7 Å². The Balaban J connectivity index is 1.98. The van der Waals surface area contributed by atoms with Crippen molar-refractivity contribution in [2.45, 2.75) is 18.3 Å². The van der Waals surface area contributed by atoms with E-state index in [-0.39, 0.29) is 0 Å². The number of benzene rings is 2. The van der Waals surface area contributed by atoms with Crippen LogP contribution >= 0.6 is 0 Å². The SMILES string of the molecule is FC1(F)C(c2cccc(C(F)(F)F)c2)=NN=C1c1cccc(C(F)(F)F)c1. The standard InChI is InChI=1S/C17H8F8N2/c18-15(19)13(9-3-1-5-11(7-9)16(20,21)22)26-27-14(15)10-4-2-6-12(8-10)17(23,24)25/h1-8H. The van der Waals surface area contributed by atoms with Crippen LogP contribution in [0.2, 0.25) is 0 Å². The van der Waals surface area contributed by atoms with Gasteiger partial charge in [-0.2, -0.15) is 35.1 Å². The second-order valence-electron chi connectivity index (χ2n) is 5.63. The first-order chi connectivity index (χ1) is 12.4. The predicted octanol–water partition coefficient (Wildman–Crippen LogP) is 5.57. The maximum absolute atomic E-state index is 14.7. The molecule has 2 aromatic rings. The molecule has 0 radical (unpaired) electrons. The molecule has 1 aliphatic heterocycles. The average molecular weight is 392 g/mol. The molecule has 0 saturated carbocycles. The summed E-state index contributed by atoms with van der Waals surface area (Å²) >= 11 is 0. The molecule has 0 aromatic heterocycles. The van der Waals surface area contributed by atoms with Crippen LogP contribution in [0.5, 0.6) is 0 Å². The molecule has 0 N–H and O–H groups in total. The van der Waals surface area contributed by atoms with Crippen LogP contribution in [0, 0.1) is 0 Å². The molecular weight excluding hydrogens is 384 g/mol. The van der Waals surface area contributed by atoms with Gasteiger partial charge in [0.25, 0.3) is 0 Å². The van der Waals surface area contributed by atoms with Crippen molar-refractivity contribution in [3.63, 3.8) is 0 Å². The van der Waals surface area contributed by atoms with E-state index < -0.39 is 52.0 Å². The maximum Gasteiger partial charge on any atom is 0.416 e. The van der Waals surface area contributed by atoms with Gasteiger partial charge in [-0.15, -0.1) is 10.2 Å². The molecule has 0 spiro atoms. The van der Waals surface area contributed by atoms with Gasteiger partial charge in [-0.05, 0) is 24.3 Å². The normalized spacial score (nSPS) is 16.9. The van der Waals surface area contributed by atoms with E-state index in [4.69, 9.17) is 0 Å². The molecule has 0 saturated heterocycles. The van der Waals surface area contributed by atoms with Gasteiger partial charge in [-0.3, -0.25) is 0 Å². The average Bonchev–Trinajstić information content (AvgIpc) is 2.88. The fraction of sp³-hybridized carbons (Fsp3) is 0.176. The highest BCUT2D eigenvalue weighted by Gasteiger charge is 2.48. The first kappa shape index (κ1) is 19.0. The third-order valence-corrected chi connectivity index (χ3v) is 3.77. The Morgan fingerprint density at radius 3 is 1.33 bits per heavy atom. The van der Waals surface area contributed by atoms with E-state index in [2.05, 4.69) is 10.2 Å². The molecule has 2 aromatic carbocycles. The highest BCUT2D eigenvalue weighted by atomic mass is 19.4. The number of hydrogen-bond donors (Lipinski definition) is 0. The van der Waals surface area contributed by atoms with Crippen molar-refractivity contribution < 1.29 is 35.1 Å². The molecule has 2 nitrogen and oxygen atoms in total. The molecule has 142 valence electrons. The Morgan fingerprint density at radius 2 is 1.00 bits per heavy atom. The smallest absolute Gasteiger partial charge is 0.192 e. The highest BCUT2D eigenvalue weighted by Crippen LogP contribution is 2.36. The quantitative estimate of drug-likeness (QED) is 0.598. The molecule has 0 amide bonds. The Labute approximate surface area is 146 Å². The van der Waals surface area contributed by atoms with Crippen molar-refractivity contribution in [3.05, 3.63) is 70.8 Å². The van der Waals surface area contributed by atoms with Crippen LogP contribution in [0.25, 0.3) is 0 Å². The first-order valence-electron chi connectivity index (χ1n) is 7.30. The van der Waals surface area contributed by atoms with E-state index in [1.807, 2.05) is 0 Å². The van der Waals surface area contributed by atoms with Crippen LogP contribution in [-0.4, -0.2) is 17.3 Å². The number of halogens is 8. The van der Waals surface area contributed by atoms with Crippen molar-refractivity contribution in [2.75, 3.05) is 0 Å². The molecule has 3 rings (SSSR count). The minimum atomic E-state index is -4.75. The summed E-state index contributed by atoms with van der Waals surface area (Å²) in [6.45, 7) is 0. The van der Waals surface area contributed by atoms with Crippen molar-refractivity contribution in [1.82, 2.24) is 0 Å². The molecule has 0 atom stereocenters. The lowest BCUT2D eigenvalue weighted by molar-refractivity contribution is -0.138. The minimum absolute atomic E-state index is 0.483. The van der Waals surface area contributed by atoms with Crippen LogP contribution < -0.4 is 0 Å². The van der Waals surface area contributed by atoms with Gasteiger partial charge in [-0.25, -0.2) is 0 Å². The molecule has 0 unspecified atom stereocenters. The van der Waals surface area contributed by atoms with E-state index in [0.29, 0.717) is 24.3 Å². The van der Waals surface area contributed by atoms with Gasteiger partial charge in [0.1, 0.15) is 11.4 Å². The lowest BCUT2D eigenvalue weighted by atomic mass is 9.95. The van der Waals surface area contributed by atoms with Crippen molar-refractivity contribution >= 4 is 11.4 Å². The molecule has 0 bridgehead atoms. The predicted molar refractivity (Wildman–Crippen MR) is 80.9 cm³/mol. The zero-order valence-corrected chi connectivity index (χ0v) is 13.0. The van der Waals surface area contributed by atoms with Crippen LogP contribution in [-0.2, 0) is 12.4 Å². The van der Waals surface area contributed by atoms with Crippen LogP contribution in [0.1, 0.15) is 22.3 Å². The molecule has 1 aliphatic rings. The van der Waals surface area contributed by atoms with E-state index in [0.717, 1.165) is 24.3 Å². The Hall–Kier alpha value is -2.78. The van der Waals surface area contributed by atoms with Crippen LogP contribution in [0.3, 0.4) is 0 Å². The summed E-state index contributed by atoms with van der Waals surface area (Å²) in [5.74, 6) is -3.96. The van der Waals surface area contributed by atoms with Crippen molar-refractivity contribution in [3.8, 4) is 0 Å². The summed E-state index contributed by atoms with van der Waals surface area (Å²) < 4.78 is 106. The summed E-state index contributed by atoms with van der Waals surface area (Å²) in [6, 6.07) is 6.21. The summed E-state index contributed by atoms with van der Waals surface area (Å²) in [4.78, 5) is 0. The van der Waals surface area contributed by atoms with Gasteiger partial charge in [0.2, 0.25) is 0 Å². The largest absolute Gasteiger partial charge is 0.416 e. The molecule has 0 aliphatic carbocycles.